The highest BCUT2D eigenvalue weighted by atomic mass is 32.1. The molecule has 0 aliphatic carbocycles. The van der Waals surface area contributed by atoms with Crippen molar-refractivity contribution in [3.8, 4) is 0 Å². The molecule has 2 aliphatic heterocycles. The molecule has 2 heterocycles. The number of rotatable bonds is 9. The van der Waals surface area contributed by atoms with Crippen LogP contribution in [0.4, 0.5) is 25.8 Å². The van der Waals surface area contributed by atoms with E-state index in [0.717, 1.165) is 50.4 Å². The molecule has 2 aliphatic rings. The third-order valence-corrected chi connectivity index (χ3v) is 7.97. The van der Waals surface area contributed by atoms with Crippen LogP contribution in [0.2, 0.25) is 0 Å². The summed E-state index contributed by atoms with van der Waals surface area (Å²) >= 11 is 5.79. The lowest BCUT2D eigenvalue weighted by molar-refractivity contribution is -0.124. The molecule has 3 aromatic carbocycles. The van der Waals surface area contributed by atoms with Gasteiger partial charge in [0.1, 0.15) is 17.7 Å². The van der Waals surface area contributed by atoms with Gasteiger partial charge in [-0.15, -0.1) is 0 Å². The summed E-state index contributed by atoms with van der Waals surface area (Å²) < 4.78 is 26.6. The Morgan fingerprint density at radius 2 is 1.44 bits per heavy atom. The van der Waals surface area contributed by atoms with Gasteiger partial charge in [0.25, 0.3) is 5.91 Å². The Morgan fingerprint density at radius 3 is 2.07 bits per heavy atom. The number of hydrogen-bond acceptors (Lipinski definition) is 5. The lowest BCUT2D eigenvalue weighted by Gasteiger charge is -2.36. The first-order valence-corrected chi connectivity index (χ1v) is 14.2. The van der Waals surface area contributed by atoms with E-state index in [-0.39, 0.29) is 24.1 Å². The normalized spacial score (nSPS) is 17.8. The quantitative estimate of drug-likeness (QED) is 0.369. The molecule has 2 amide bonds. The first kappa shape index (κ1) is 28.6. The fraction of sp³-hybridized carbons (Fsp3) is 0.323. The molecule has 41 heavy (non-hydrogen) atoms. The standard InChI is InChI=1S/C31H33F2N5O2S/c1-22-3-11-27(12-4-22)38-30(40)28(21-29(39)34-25-9-5-23(32)6-10-25)37(31(38)41)16-2-15-35-17-19-36(20-18-35)26-13-7-24(33)8-14-26/h3-14,28H,2,15-21H2,1H3,(H,34,39)/t28-/m1/s1. The molecular weight excluding hydrogens is 544 g/mol. The van der Waals surface area contributed by atoms with Crippen molar-refractivity contribution in [1.29, 1.82) is 0 Å². The van der Waals surface area contributed by atoms with Crippen molar-refractivity contribution >= 4 is 46.2 Å². The van der Waals surface area contributed by atoms with Crippen molar-refractivity contribution in [2.45, 2.75) is 25.8 Å². The molecule has 214 valence electrons. The van der Waals surface area contributed by atoms with Gasteiger partial charge in [-0.3, -0.25) is 19.4 Å². The molecule has 3 aromatic rings. The van der Waals surface area contributed by atoms with Gasteiger partial charge in [-0.2, -0.15) is 0 Å². The van der Waals surface area contributed by atoms with Crippen molar-refractivity contribution in [2.24, 2.45) is 0 Å². The van der Waals surface area contributed by atoms with E-state index in [2.05, 4.69) is 15.1 Å². The average Bonchev–Trinajstić information content (AvgIpc) is 3.19. The second-order valence-electron chi connectivity index (χ2n) is 10.4. The molecule has 0 radical (unpaired) electrons. The number of hydrogen-bond donors (Lipinski definition) is 1. The highest BCUT2D eigenvalue weighted by molar-refractivity contribution is 7.80. The van der Waals surface area contributed by atoms with E-state index in [9.17, 15) is 18.4 Å². The molecular formula is C31H33F2N5O2S. The Labute approximate surface area is 244 Å². The molecule has 2 saturated heterocycles. The number of thiocarbonyl (C=S) groups is 1. The Bertz CT molecular complexity index is 1380. The summed E-state index contributed by atoms with van der Waals surface area (Å²) in [6.45, 7) is 6.77. The second kappa shape index (κ2) is 12.7. The van der Waals surface area contributed by atoms with Crippen LogP contribution in [0.1, 0.15) is 18.4 Å². The van der Waals surface area contributed by atoms with Crippen molar-refractivity contribution in [3.05, 3.63) is 90.0 Å². The largest absolute Gasteiger partial charge is 0.369 e. The summed E-state index contributed by atoms with van der Waals surface area (Å²) in [5, 5.41) is 3.15. The van der Waals surface area contributed by atoms with Gasteiger partial charge >= 0.3 is 0 Å². The summed E-state index contributed by atoms with van der Waals surface area (Å²) in [6.07, 6.45) is 0.691. The smallest absolute Gasteiger partial charge is 0.256 e. The SMILES string of the molecule is Cc1ccc(N2C(=O)[C@@H](CC(=O)Nc3ccc(F)cc3)N(CCCN3CCN(c4ccc(F)cc4)CC3)C2=S)cc1. The summed E-state index contributed by atoms with van der Waals surface area (Å²) in [4.78, 5) is 34.6. The van der Waals surface area contributed by atoms with Crippen LogP contribution in [0.25, 0.3) is 0 Å². The number of carbonyl (C=O) groups is 2. The maximum atomic E-state index is 13.6. The second-order valence-corrected chi connectivity index (χ2v) is 10.8. The van der Waals surface area contributed by atoms with E-state index in [1.54, 1.807) is 0 Å². The molecule has 0 spiro atoms. The van der Waals surface area contributed by atoms with Crippen LogP contribution < -0.4 is 15.1 Å². The minimum absolute atomic E-state index is 0.0743. The van der Waals surface area contributed by atoms with Gasteiger partial charge in [0.05, 0.1) is 12.1 Å². The van der Waals surface area contributed by atoms with Gasteiger partial charge in [-0.25, -0.2) is 8.78 Å². The van der Waals surface area contributed by atoms with Gasteiger partial charge in [-0.1, -0.05) is 17.7 Å². The number of benzene rings is 3. The van der Waals surface area contributed by atoms with Crippen LogP contribution in [0, 0.1) is 18.6 Å². The van der Waals surface area contributed by atoms with Gasteiger partial charge < -0.3 is 15.1 Å². The van der Waals surface area contributed by atoms with Gasteiger partial charge in [0, 0.05) is 44.1 Å². The third kappa shape index (κ3) is 6.89. The minimum Gasteiger partial charge on any atom is -0.369 e. The zero-order chi connectivity index (χ0) is 28.9. The molecule has 0 bridgehead atoms. The first-order valence-electron chi connectivity index (χ1n) is 13.8. The Morgan fingerprint density at radius 1 is 0.854 bits per heavy atom. The zero-order valence-electron chi connectivity index (χ0n) is 22.9. The zero-order valence-corrected chi connectivity index (χ0v) is 23.7. The molecule has 0 unspecified atom stereocenters. The lowest BCUT2D eigenvalue weighted by atomic mass is 10.1. The number of carbonyl (C=O) groups excluding carboxylic acids is 2. The number of anilines is 3. The first-order chi connectivity index (χ1) is 19.8. The Kier molecular flexibility index (Phi) is 8.90. The van der Waals surface area contributed by atoms with Crippen LogP contribution in [0.5, 0.6) is 0 Å². The van der Waals surface area contributed by atoms with E-state index in [1.807, 2.05) is 48.2 Å². The molecule has 1 N–H and O–H groups in total. The van der Waals surface area contributed by atoms with Gasteiger partial charge in [-0.05, 0) is 92.8 Å². The minimum atomic E-state index is -0.737. The van der Waals surface area contributed by atoms with Crippen LogP contribution in [-0.4, -0.2) is 72.0 Å². The Balaban J connectivity index is 1.22. The maximum absolute atomic E-state index is 13.6. The number of amides is 2. The predicted molar refractivity (Wildman–Crippen MR) is 161 cm³/mol. The van der Waals surface area contributed by atoms with Crippen molar-refractivity contribution in [2.75, 3.05) is 54.4 Å². The maximum Gasteiger partial charge on any atom is 0.256 e. The summed E-state index contributed by atoms with van der Waals surface area (Å²) in [6, 6.07) is 18.9. The number of halogens is 2. The molecule has 2 fully saturated rings. The van der Waals surface area contributed by atoms with Gasteiger partial charge in [0.15, 0.2) is 5.11 Å². The van der Waals surface area contributed by atoms with E-state index in [1.165, 1.54) is 41.3 Å². The van der Waals surface area contributed by atoms with Crippen LogP contribution in [0.3, 0.4) is 0 Å². The molecule has 0 aromatic heterocycles. The van der Waals surface area contributed by atoms with E-state index < -0.39 is 11.9 Å². The van der Waals surface area contributed by atoms with Crippen molar-refractivity contribution in [3.63, 3.8) is 0 Å². The van der Waals surface area contributed by atoms with E-state index in [4.69, 9.17) is 12.2 Å². The monoisotopic (exact) mass is 577 g/mol. The van der Waals surface area contributed by atoms with Gasteiger partial charge in [0.2, 0.25) is 5.91 Å². The number of nitrogens with one attached hydrogen (secondary N) is 1. The molecule has 10 heteroatoms. The van der Waals surface area contributed by atoms with Crippen LogP contribution in [-0.2, 0) is 9.59 Å². The summed E-state index contributed by atoms with van der Waals surface area (Å²) in [5.74, 6) is -1.21. The fourth-order valence-electron chi connectivity index (χ4n) is 5.29. The van der Waals surface area contributed by atoms with E-state index >= 15 is 0 Å². The summed E-state index contributed by atoms with van der Waals surface area (Å²) in [5.41, 5.74) is 3.22. The van der Waals surface area contributed by atoms with Crippen molar-refractivity contribution < 1.29 is 18.4 Å². The molecule has 1 atom stereocenters. The number of piperazine rings is 1. The molecule has 7 nitrogen and oxygen atoms in total. The fourth-order valence-corrected chi connectivity index (χ4v) is 5.70. The average molecular weight is 578 g/mol. The highest BCUT2D eigenvalue weighted by Gasteiger charge is 2.43. The van der Waals surface area contributed by atoms with E-state index in [0.29, 0.717) is 23.0 Å². The van der Waals surface area contributed by atoms with Crippen LogP contribution >= 0.6 is 12.2 Å². The lowest BCUT2D eigenvalue weighted by Crippen LogP contribution is -2.47. The number of nitrogens with zero attached hydrogens (tertiary/aromatic N) is 4. The third-order valence-electron chi connectivity index (χ3n) is 7.55. The molecule has 0 saturated carbocycles. The summed E-state index contributed by atoms with van der Waals surface area (Å²) in [7, 11) is 0. The highest BCUT2D eigenvalue weighted by Crippen LogP contribution is 2.28. The topological polar surface area (TPSA) is 59.1 Å². The predicted octanol–water partition coefficient (Wildman–Crippen LogP) is 4.82. The Hall–Kier alpha value is -3.89. The number of aryl methyl sites for hydroxylation is 1. The van der Waals surface area contributed by atoms with Crippen LogP contribution in [0.15, 0.2) is 72.8 Å². The van der Waals surface area contributed by atoms with Crippen molar-refractivity contribution in [1.82, 2.24) is 9.80 Å². The molecule has 5 rings (SSSR count).